The molecular weight excluding hydrogens is 178 g/mol. The van der Waals surface area contributed by atoms with E-state index in [9.17, 15) is 0 Å². The zero-order chi connectivity index (χ0) is 10.4. The molecule has 0 unspecified atom stereocenters. The van der Waals surface area contributed by atoms with Gasteiger partial charge in [0.25, 0.3) is 0 Å². The number of hydrogen-bond acceptors (Lipinski definition) is 4. The van der Waals surface area contributed by atoms with Crippen molar-refractivity contribution in [2.24, 2.45) is 0 Å². The molecule has 0 saturated carbocycles. The Hall–Kier alpha value is -1.58. The van der Waals surface area contributed by atoms with Crippen LogP contribution >= 0.6 is 0 Å². The quantitative estimate of drug-likeness (QED) is 0.740. The molecule has 0 spiro atoms. The van der Waals surface area contributed by atoms with Crippen LogP contribution in [0.5, 0.6) is 5.88 Å². The van der Waals surface area contributed by atoms with Crippen molar-refractivity contribution in [1.82, 2.24) is 9.97 Å². The maximum absolute atomic E-state index is 5.39. The summed E-state index contributed by atoms with van der Waals surface area (Å²) < 4.78 is 5.39. The molecule has 4 nitrogen and oxygen atoms in total. The summed E-state index contributed by atoms with van der Waals surface area (Å²) in [6, 6.07) is 1.77. The first-order valence-electron chi connectivity index (χ1n) is 4.53. The van der Waals surface area contributed by atoms with Gasteiger partial charge < -0.3 is 10.1 Å². The number of aromatic nitrogens is 2. The number of nitrogens with zero attached hydrogens (tertiary/aromatic N) is 2. The van der Waals surface area contributed by atoms with Gasteiger partial charge in [-0.05, 0) is 13.8 Å². The second-order valence-corrected chi connectivity index (χ2v) is 2.77. The number of allylic oxidation sites excluding steroid dienone is 1. The molecule has 4 heteroatoms. The fraction of sp³-hybridized carbons (Fsp3) is 0.400. The molecule has 0 atom stereocenters. The number of nitrogens with one attached hydrogen (secondary N) is 1. The number of aryl methyl sites for hydroxylation is 1. The standard InChI is InChI=1S/C10H15N3O/c1-4-5-6-14-10-7-9(11-3)12-8(2)13-10/h4-5,7H,6H2,1-3H3,(H,11,12,13)/b5-4+. The summed E-state index contributed by atoms with van der Waals surface area (Å²) >= 11 is 0. The lowest BCUT2D eigenvalue weighted by Crippen LogP contribution is -2.01. The maximum Gasteiger partial charge on any atom is 0.219 e. The van der Waals surface area contributed by atoms with Gasteiger partial charge in [-0.2, -0.15) is 4.98 Å². The van der Waals surface area contributed by atoms with Crippen LogP contribution in [-0.2, 0) is 0 Å². The summed E-state index contributed by atoms with van der Waals surface area (Å²) in [5, 5.41) is 2.95. The van der Waals surface area contributed by atoms with Gasteiger partial charge in [-0.3, -0.25) is 0 Å². The third-order valence-electron chi connectivity index (χ3n) is 1.63. The molecule has 1 heterocycles. The number of rotatable bonds is 4. The smallest absolute Gasteiger partial charge is 0.219 e. The highest BCUT2D eigenvalue weighted by atomic mass is 16.5. The Morgan fingerprint density at radius 1 is 1.50 bits per heavy atom. The summed E-state index contributed by atoms with van der Waals surface area (Å²) in [7, 11) is 1.82. The first kappa shape index (κ1) is 10.5. The van der Waals surface area contributed by atoms with E-state index in [1.807, 2.05) is 33.0 Å². The topological polar surface area (TPSA) is 47.0 Å². The molecule has 1 rings (SSSR count). The van der Waals surface area contributed by atoms with E-state index in [-0.39, 0.29) is 0 Å². The van der Waals surface area contributed by atoms with E-state index in [2.05, 4.69) is 15.3 Å². The van der Waals surface area contributed by atoms with Gasteiger partial charge in [0.1, 0.15) is 18.2 Å². The Balaban J connectivity index is 2.71. The Labute approximate surface area is 84.0 Å². The van der Waals surface area contributed by atoms with E-state index < -0.39 is 0 Å². The van der Waals surface area contributed by atoms with E-state index in [1.54, 1.807) is 6.07 Å². The Kier molecular flexibility index (Phi) is 3.91. The van der Waals surface area contributed by atoms with Gasteiger partial charge in [0.05, 0.1) is 0 Å². The molecule has 1 aromatic rings. The van der Waals surface area contributed by atoms with Crippen molar-refractivity contribution in [2.45, 2.75) is 13.8 Å². The highest BCUT2D eigenvalue weighted by Crippen LogP contribution is 2.12. The van der Waals surface area contributed by atoms with E-state index in [4.69, 9.17) is 4.74 Å². The van der Waals surface area contributed by atoms with Gasteiger partial charge >= 0.3 is 0 Å². The van der Waals surface area contributed by atoms with Crippen molar-refractivity contribution in [3.05, 3.63) is 24.0 Å². The third kappa shape index (κ3) is 3.05. The van der Waals surface area contributed by atoms with Gasteiger partial charge in [-0.25, -0.2) is 4.98 Å². The zero-order valence-electron chi connectivity index (χ0n) is 8.74. The molecule has 0 bridgehead atoms. The second-order valence-electron chi connectivity index (χ2n) is 2.77. The molecule has 0 aliphatic heterocycles. The lowest BCUT2D eigenvalue weighted by atomic mass is 10.5. The lowest BCUT2D eigenvalue weighted by Gasteiger charge is -2.05. The van der Waals surface area contributed by atoms with Crippen LogP contribution in [0, 0.1) is 6.92 Å². The van der Waals surface area contributed by atoms with Gasteiger partial charge in [-0.15, -0.1) is 0 Å². The molecule has 1 N–H and O–H groups in total. The van der Waals surface area contributed by atoms with E-state index in [0.29, 0.717) is 18.3 Å². The van der Waals surface area contributed by atoms with Gasteiger partial charge in [0.15, 0.2) is 0 Å². The minimum absolute atomic E-state index is 0.538. The van der Waals surface area contributed by atoms with Crippen molar-refractivity contribution in [3.63, 3.8) is 0 Å². The molecule has 14 heavy (non-hydrogen) atoms. The summed E-state index contributed by atoms with van der Waals surface area (Å²) in [6.45, 7) is 4.33. The molecule has 0 amide bonds. The van der Waals surface area contributed by atoms with Crippen LogP contribution in [0.15, 0.2) is 18.2 Å². The van der Waals surface area contributed by atoms with Crippen LogP contribution in [0.25, 0.3) is 0 Å². The zero-order valence-corrected chi connectivity index (χ0v) is 8.74. The van der Waals surface area contributed by atoms with Crippen molar-refractivity contribution in [3.8, 4) is 5.88 Å². The predicted molar refractivity (Wildman–Crippen MR) is 56.6 cm³/mol. The normalized spacial score (nSPS) is 10.5. The fourth-order valence-corrected chi connectivity index (χ4v) is 0.972. The molecule has 0 aliphatic rings. The summed E-state index contributed by atoms with van der Waals surface area (Å²) in [5.41, 5.74) is 0. The fourth-order valence-electron chi connectivity index (χ4n) is 0.972. The highest BCUT2D eigenvalue weighted by molar-refractivity contribution is 5.37. The summed E-state index contributed by atoms with van der Waals surface area (Å²) in [6.07, 6.45) is 3.86. The van der Waals surface area contributed by atoms with Crippen LogP contribution in [0.1, 0.15) is 12.7 Å². The minimum Gasteiger partial charge on any atom is -0.473 e. The van der Waals surface area contributed by atoms with Crippen LogP contribution in [-0.4, -0.2) is 23.6 Å². The molecule has 1 aromatic heterocycles. The average molecular weight is 193 g/mol. The van der Waals surface area contributed by atoms with Gasteiger partial charge in [-0.1, -0.05) is 12.2 Å². The molecule has 0 aliphatic carbocycles. The third-order valence-corrected chi connectivity index (χ3v) is 1.63. The Morgan fingerprint density at radius 3 is 2.93 bits per heavy atom. The van der Waals surface area contributed by atoms with Crippen molar-refractivity contribution in [1.29, 1.82) is 0 Å². The van der Waals surface area contributed by atoms with Crippen molar-refractivity contribution in [2.75, 3.05) is 19.0 Å². The van der Waals surface area contributed by atoms with Gasteiger partial charge in [0.2, 0.25) is 5.88 Å². The first-order valence-corrected chi connectivity index (χ1v) is 4.53. The Morgan fingerprint density at radius 2 is 2.29 bits per heavy atom. The molecule has 0 aromatic carbocycles. The SMILES string of the molecule is C/C=C/COc1cc(NC)nc(C)n1. The van der Waals surface area contributed by atoms with Crippen LogP contribution in [0.2, 0.25) is 0 Å². The highest BCUT2D eigenvalue weighted by Gasteiger charge is 1.99. The van der Waals surface area contributed by atoms with E-state index in [1.165, 1.54) is 0 Å². The Bertz CT molecular complexity index is 323. The summed E-state index contributed by atoms with van der Waals surface area (Å²) in [5.74, 6) is 2.07. The predicted octanol–water partition coefficient (Wildman–Crippen LogP) is 1.78. The van der Waals surface area contributed by atoms with Crippen molar-refractivity contribution < 1.29 is 4.74 Å². The molecule has 76 valence electrons. The van der Waals surface area contributed by atoms with Crippen molar-refractivity contribution >= 4 is 5.82 Å². The molecule has 0 radical (unpaired) electrons. The summed E-state index contributed by atoms with van der Waals surface area (Å²) in [4.78, 5) is 8.31. The molecule has 0 saturated heterocycles. The lowest BCUT2D eigenvalue weighted by molar-refractivity contribution is 0.347. The van der Waals surface area contributed by atoms with Crippen LogP contribution in [0.4, 0.5) is 5.82 Å². The minimum atomic E-state index is 0.538. The number of hydrogen-bond donors (Lipinski definition) is 1. The number of anilines is 1. The largest absolute Gasteiger partial charge is 0.473 e. The molecular formula is C10H15N3O. The number of ether oxygens (including phenoxy) is 1. The van der Waals surface area contributed by atoms with E-state index >= 15 is 0 Å². The second kappa shape index (κ2) is 5.21. The van der Waals surface area contributed by atoms with Crippen LogP contribution < -0.4 is 10.1 Å². The average Bonchev–Trinajstić information content (AvgIpc) is 2.17. The van der Waals surface area contributed by atoms with Crippen LogP contribution in [0.3, 0.4) is 0 Å². The molecule has 0 fully saturated rings. The first-order chi connectivity index (χ1) is 6.76. The van der Waals surface area contributed by atoms with Gasteiger partial charge in [0, 0.05) is 13.1 Å². The maximum atomic E-state index is 5.39. The monoisotopic (exact) mass is 193 g/mol. The van der Waals surface area contributed by atoms with E-state index in [0.717, 1.165) is 5.82 Å².